The first-order chi connectivity index (χ1) is 6.61. The second kappa shape index (κ2) is 4.32. The predicted octanol–water partition coefficient (Wildman–Crippen LogP) is 0.927. The van der Waals surface area contributed by atoms with Crippen molar-refractivity contribution in [2.75, 3.05) is 0 Å². The largest absolute Gasteiger partial charge is 0.507 e. The number of benzene rings is 1. The summed E-state index contributed by atoms with van der Waals surface area (Å²) >= 11 is 0. The molecule has 4 nitrogen and oxygen atoms in total. The fourth-order valence-electron chi connectivity index (χ4n) is 0.816. The molecule has 0 radical (unpaired) electrons. The number of nitrogens with zero attached hydrogens (tertiary/aromatic N) is 1. The zero-order valence-corrected chi connectivity index (χ0v) is 7.60. The molecule has 0 aliphatic heterocycles. The fourth-order valence-corrected chi connectivity index (χ4v) is 0.816. The molecule has 1 aromatic rings. The molecule has 0 saturated carbocycles. The van der Waals surface area contributed by atoms with Gasteiger partial charge >= 0.3 is 5.91 Å². The van der Waals surface area contributed by atoms with E-state index in [-0.39, 0.29) is 5.75 Å². The summed E-state index contributed by atoms with van der Waals surface area (Å²) in [6.07, 6.45) is 1.17. The second-order valence-corrected chi connectivity index (χ2v) is 2.68. The Morgan fingerprint density at radius 1 is 1.36 bits per heavy atom. The van der Waals surface area contributed by atoms with Gasteiger partial charge in [0.1, 0.15) is 5.75 Å². The molecule has 4 heteroatoms. The lowest BCUT2D eigenvalue weighted by Gasteiger charge is -1.95. The van der Waals surface area contributed by atoms with E-state index in [0.29, 0.717) is 5.56 Å². The molecular formula is C10H9NO3. The van der Waals surface area contributed by atoms with Gasteiger partial charge in [-0.15, -0.1) is 0 Å². The van der Waals surface area contributed by atoms with Crippen molar-refractivity contribution in [2.45, 2.75) is 6.92 Å². The van der Waals surface area contributed by atoms with Gasteiger partial charge in [0, 0.05) is 18.7 Å². The van der Waals surface area contributed by atoms with Gasteiger partial charge in [0.2, 0.25) is 5.78 Å². The highest BCUT2D eigenvalue weighted by Gasteiger charge is 2.03. The summed E-state index contributed by atoms with van der Waals surface area (Å²) in [6, 6.07) is 6.41. The van der Waals surface area contributed by atoms with Crippen LogP contribution in [0.1, 0.15) is 12.5 Å². The molecule has 0 saturated heterocycles. The summed E-state index contributed by atoms with van der Waals surface area (Å²) in [4.78, 5) is 24.7. The third-order valence-electron chi connectivity index (χ3n) is 1.56. The van der Waals surface area contributed by atoms with Crippen molar-refractivity contribution in [3.05, 3.63) is 29.8 Å². The molecular weight excluding hydrogens is 182 g/mol. The summed E-state index contributed by atoms with van der Waals surface area (Å²) in [7, 11) is 0. The Morgan fingerprint density at radius 3 is 2.57 bits per heavy atom. The van der Waals surface area contributed by atoms with E-state index >= 15 is 0 Å². The number of rotatable bonds is 2. The maximum absolute atomic E-state index is 10.8. The Kier molecular flexibility index (Phi) is 3.12. The van der Waals surface area contributed by atoms with Gasteiger partial charge < -0.3 is 5.11 Å². The molecule has 0 heterocycles. The number of para-hydroxylation sites is 1. The van der Waals surface area contributed by atoms with Crippen molar-refractivity contribution in [3.8, 4) is 5.75 Å². The quantitative estimate of drug-likeness (QED) is 0.558. The third kappa shape index (κ3) is 2.52. The molecule has 1 amide bonds. The molecule has 14 heavy (non-hydrogen) atoms. The summed E-state index contributed by atoms with van der Waals surface area (Å²) in [5.74, 6) is -1.43. The van der Waals surface area contributed by atoms with Crippen LogP contribution < -0.4 is 0 Å². The third-order valence-corrected chi connectivity index (χ3v) is 1.56. The van der Waals surface area contributed by atoms with E-state index < -0.39 is 11.7 Å². The lowest BCUT2D eigenvalue weighted by Crippen LogP contribution is -2.05. The van der Waals surface area contributed by atoms with Crippen LogP contribution in [0.4, 0.5) is 0 Å². The summed E-state index contributed by atoms with van der Waals surface area (Å²) in [5, 5.41) is 9.27. The van der Waals surface area contributed by atoms with E-state index in [1.807, 2.05) is 0 Å². The van der Waals surface area contributed by atoms with Gasteiger partial charge in [0.15, 0.2) is 0 Å². The van der Waals surface area contributed by atoms with E-state index in [2.05, 4.69) is 4.99 Å². The van der Waals surface area contributed by atoms with Crippen LogP contribution in [0, 0.1) is 0 Å². The Balaban J connectivity index is 2.84. The van der Waals surface area contributed by atoms with Gasteiger partial charge in [-0.3, -0.25) is 9.59 Å². The molecule has 0 fully saturated rings. The number of ketones is 1. The first kappa shape index (κ1) is 10.1. The van der Waals surface area contributed by atoms with Crippen molar-refractivity contribution in [2.24, 2.45) is 4.99 Å². The van der Waals surface area contributed by atoms with Crippen LogP contribution in [0.3, 0.4) is 0 Å². The smallest absolute Gasteiger partial charge is 0.312 e. The number of aromatic hydroxyl groups is 1. The standard InChI is InChI=1S/C10H9NO3/c1-7(12)10(14)11-6-8-4-2-3-5-9(8)13/h2-6,13H,1H3. The SMILES string of the molecule is CC(=O)C(=O)N=Cc1ccccc1O. The van der Waals surface area contributed by atoms with Crippen LogP contribution in [-0.4, -0.2) is 23.0 Å². The minimum absolute atomic E-state index is 0.0209. The van der Waals surface area contributed by atoms with E-state index in [4.69, 9.17) is 0 Å². The number of carbonyl (C=O) groups is 2. The molecule has 0 aliphatic rings. The average molecular weight is 191 g/mol. The van der Waals surface area contributed by atoms with Crippen LogP contribution in [0.15, 0.2) is 29.3 Å². The molecule has 0 atom stereocenters. The first-order valence-corrected chi connectivity index (χ1v) is 3.98. The molecule has 0 unspecified atom stereocenters. The summed E-state index contributed by atoms with van der Waals surface area (Å²) < 4.78 is 0. The number of carbonyl (C=O) groups excluding carboxylic acids is 2. The molecule has 0 aliphatic carbocycles. The average Bonchev–Trinajstić information content (AvgIpc) is 2.16. The summed E-state index contributed by atoms with van der Waals surface area (Å²) in [5.41, 5.74) is 0.405. The molecule has 0 bridgehead atoms. The number of aliphatic imine (C=N–C) groups is 1. The molecule has 1 rings (SSSR count). The first-order valence-electron chi connectivity index (χ1n) is 3.98. The number of hydrogen-bond donors (Lipinski definition) is 1. The van der Waals surface area contributed by atoms with Crippen LogP contribution in [0.25, 0.3) is 0 Å². The van der Waals surface area contributed by atoms with Crippen LogP contribution in [0.5, 0.6) is 5.75 Å². The van der Waals surface area contributed by atoms with Gasteiger partial charge in [-0.2, -0.15) is 0 Å². The van der Waals surface area contributed by atoms with Gasteiger partial charge in [-0.25, -0.2) is 4.99 Å². The predicted molar refractivity (Wildman–Crippen MR) is 51.4 cm³/mol. The normalized spacial score (nSPS) is 10.4. The topological polar surface area (TPSA) is 66.7 Å². The maximum atomic E-state index is 10.8. The van der Waals surface area contributed by atoms with E-state index in [9.17, 15) is 14.7 Å². The highest BCUT2D eigenvalue weighted by atomic mass is 16.3. The maximum Gasteiger partial charge on any atom is 0.312 e. The van der Waals surface area contributed by atoms with Gasteiger partial charge in [0.25, 0.3) is 0 Å². The van der Waals surface area contributed by atoms with Crippen molar-refractivity contribution < 1.29 is 14.7 Å². The molecule has 1 N–H and O–H groups in total. The van der Waals surface area contributed by atoms with Crippen molar-refractivity contribution >= 4 is 17.9 Å². The second-order valence-electron chi connectivity index (χ2n) is 2.68. The number of Topliss-reactive ketones (excluding diaryl/α,β-unsaturated/α-hetero) is 1. The minimum atomic E-state index is -0.826. The van der Waals surface area contributed by atoms with E-state index in [0.717, 1.165) is 6.92 Å². The van der Waals surface area contributed by atoms with E-state index in [1.54, 1.807) is 18.2 Å². The lowest BCUT2D eigenvalue weighted by atomic mass is 10.2. The molecule has 0 aromatic heterocycles. The minimum Gasteiger partial charge on any atom is -0.507 e. The zero-order valence-electron chi connectivity index (χ0n) is 7.60. The van der Waals surface area contributed by atoms with Gasteiger partial charge in [-0.1, -0.05) is 12.1 Å². The number of hydrogen-bond acceptors (Lipinski definition) is 3. The Morgan fingerprint density at radius 2 is 2.00 bits per heavy atom. The van der Waals surface area contributed by atoms with E-state index in [1.165, 1.54) is 12.3 Å². The molecule has 1 aromatic carbocycles. The Labute approximate surface area is 80.9 Å². The summed E-state index contributed by atoms with van der Waals surface area (Å²) in [6.45, 7) is 1.14. The van der Waals surface area contributed by atoms with Crippen molar-refractivity contribution in [1.29, 1.82) is 0 Å². The van der Waals surface area contributed by atoms with Gasteiger partial charge in [-0.05, 0) is 12.1 Å². The molecule has 0 spiro atoms. The fraction of sp³-hybridized carbons (Fsp3) is 0.100. The van der Waals surface area contributed by atoms with Crippen LogP contribution in [0.2, 0.25) is 0 Å². The number of phenolic OH excluding ortho intramolecular Hbond substituents is 1. The lowest BCUT2D eigenvalue weighted by molar-refractivity contribution is -0.134. The number of amides is 1. The molecule has 72 valence electrons. The zero-order chi connectivity index (χ0) is 10.6. The number of phenols is 1. The van der Waals surface area contributed by atoms with Crippen molar-refractivity contribution in [1.82, 2.24) is 0 Å². The van der Waals surface area contributed by atoms with Crippen LogP contribution in [-0.2, 0) is 9.59 Å². The van der Waals surface area contributed by atoms with Crippen molar-refractivity contribution in [3.63, 3.8) is 0 Å². The highest BCUT2D eigenvalue weighted by molar-refractivity contribution is 6.36. The van der Waals surface area contributed by atoms with Crippen LogP contribution >= 0.6 is 0 Å². The van der Waals surface area contributed by atoms with Gasteiger partial charge in [0.05, 0.1) is 0 Å². The highest BCUT2D eigenvalue weighted by Crippen LogP contribution is 2.12. The Hall–Kier alpha value is -1.97. The monoisotopic (exact) mass is 191 g/mol. The Bertz CT molecular complexity index is 396.